The molecule has 2 heterocycles. The van der Waals surface area contributed by atoms with Gasteiger partial charge >= 0.3 is 0 Å². The van der Waals surface area contributed by atoms with Gasteiger partial charge < -0.3 is 14.5 Å². The first-order valence-electron chi connectivity index (χ1n) is 9.99. The van der Waals surface area contributed by atoms with Crippen LogP contribution < -0.4 is 10.1 Å². The van der Waals surface area contributed by atoms with Crippen molar-refractivity contribution >= 4 is 23.4 Å². The number of amides is 1. The van der Waals surface area contributed by atoms with Crippen LogP contribution in [0, 0.1) is 20.8 Å². The molecule has 164 valence electrons. The van der Waals surface area contributed by atoms with Gasteiger partial charge in [-0.2, -0.15) is 5.10 Å². The average molecular weight is 450 g/mol. The van der Waals surface area contributed by atoms with Gasteiger partial charge in [-0.05, 0) is 45.0 Å². The minimum absolute atomic E-state index is 0.127. The Morgan fingerprint density at radius 1 is 1.09 bits per heavy atom. The Kier molecular flexibility index (Phi) is 6.27. The van der Waals surface area contributed by atoms with Gasteiger partial charge in [-0.1, -0.05) is 41.6 Å². The molecule has 0 fully saturated rings. The molecule has 0 saturated heterocycles. The Hall–Kier alpha value is -3.59. The third-order valence-corrected chi connectivity index (χ3v) is 5.72. The highest BCUT2D eigenvalue weighted by Crippen LogP contribution is 2.30. The Labute approximate surface area is 190 Å². The summed E-state index contributed by atoms with van der Waals surface area (Å²) < 4.78 is 12.9. The summed E-state index contributed by atoms with van der Waals surface area (Å²) >= 11 is 1.17. The predicted octanol–water partition coefficient (Wildman–Crippen LogP) is 4.59. The monoisotopic (exact) mass is 449 g/mol. The van der Waals surface area contributed by atoms with Crippen LogP contribution >= 0.6 is 11.8 Å². The summed E-state index contributed by atoms with van der Waals surface area (Å²) in [4.78, 5) is 12.6. The van der Waals surface area contributed by atoms with Crippen molar-refractivity contribution in [2.24, 2.45) is 0 Å². The second-order valence-electron chi connectivity index (χ2n) is 7.20. The van der Waals surface area contributed by atoms with Crippen LogP contribution in [0.2, 0.25) is 0 Å². The second kappa shape index (κ2) is 9.27. The fourth-order valence-corrected chi connectivity index (χ4v) is 3.83. The molecule has 0 unspecified atom stereocenters. The maximum absolute atomic E-state index is 12.6. The molecule has 0 aliphatic rings. The van der Waals surface area contributed by atoms with E-state index in [1.807, 2.05) is 74.0 Å². The lowest BCUT2D eigenvalue weighted by atomic mass is 10.2. The number of carbonyl (C=O) groups is 1. The van der Waals surface area contributed by atoms with E-state index in [2.05, 4.69) is 20.6 Å². The van der Waals surface area contributed by atoms with Crippen molar-refractivity contribution in [1.29, 1.82) is 0 Å². The van der Waals surface area contributed by atoms with Gasteiger partial charge in [0.2, 0.25) is 5.91 Å². The maximum Gasteiger partial charge on any atom is 0.277 e. The molecule has 32 heavy (non-hydrogen) atoms. The minimum Gasteiger partial charge on any atom is -0.496 e. The molecule has 0 aliphatic carbocycles. The zero-order valence-corrected chi connectivity index (χ0v) is 19.1. The highest BCUT2D eigenvalue weighted by Gasteiger charge is 2.17. The first-order chi connectivity index (χ1) is 15.5. The van der Waals surface area contributed by atoms with Crippen LogP contribution in [0.15, 0.2) is 58.2 Å². The smallest absolute Gasteiger partial charge is 0.277 e. The Morgan fingerprint density at radius 2 is 1.84 bits per heavy atom. The first-order valence-corrected chi connectivity index (χ1v) is 11.0. The Morgan fingerprint density at radius 3 is 2.59 bits per heavy atom. The number of hydrogen-bond acceptors (Lipinski definition) is 7. The number of nitrogens with zero attached hydrogens (tertiary/aromatic N) is 4. The number of rotatable bonds is 7. The summed E-state index contributed by atoms with van der Waals surface area (Å²) in [5.74, 6) is 0.933. The van der Waals surface area contributed by atoms with Gasteiger partial charge in [-0.15, -0.1) is 10.2 Å². The summed E-state index contributed by atoms with van der Waals surface area (Å²) in [6.07, 6.45) is 0. The number of thioether (sulfide) groups is 1. The van der Waals surface area contributed by atoms with Gasteiger partial charge in [0.25, 0.3) is 11.1 Å². The summed E-state index contributed by atoms with van der Waals surface area (Å²) in [5, 5.41) is 15.9. The standard InChI is InChI=1S/C23H23N5O3S/c1-14-9-11-17(12-10-14)28-16(3)21(15(2)27-28)24-20(29)13-32-23-26-25-22(31-23)18-7-5-6-8-19(18)30-4/h5-12H,13H2,1-4H3,(H,24,29). The summed E-state index contributed by atoms with van der Waals surface area (Å²) in [6.45, 7) is 5.84. The molecule has 0 spiro atoms. The second-order valence-corrected chi connectivity index (χ2v) is 8.13. The highest BCUT2D eigenvalue weighted by molar-refractivity contribution is 7.99. The Balaban J connectivity index is 1.42. The van der Waals surface area contributed by atoms with Crippen molar-refractivity contribution in [2.45, 2.75) is 26.0 Å². The average Bonchev–Trinajstić information content (AvgIpc) is 3.38. The van der Waals surface area contributed by atoms with Crippen LogP contribution in [-0.2, 0) is 4.79 Å². The van der Waals surface area contributed by atoms with Crippen LogP contribution in [0.1, 0.15) is 17.0 Å². The van der Waals surface area contributed by atoms with Crippen molar-refractivity contribution < 1.29 is 13.9 Å². The van der Waals surface area contributed by atoms with E-state index in [9.17, 15) is 4.79 Å². The van der Waals surface area contributed by atoms with Gasteiger partial charge in [0, 0.05) is 0 Å². The van der Waals surface area contributed by atoms with E-state index >= 15 is 0 Å². The first kappa shape index (κ1) is 21.6. The molecule has 8 nitrogen and oxygen atoms in total. The van der Waals surface area contributed by atoms with Gasteiger partial charge in [0.15, 0.2) is 0 Å². The van der Waals surface area contributed by atoms with E-state index in [0.717, 1.165) is 17.1 Å². The number of para-hydroxylation sites is 1. The van der Waals surface area contributed by atoms with E-state index < -0.39 is 0 Å². The maximum atomic E-state index is 12.6. The van der Waals surface area contributed by atoms with E-state index in [1.165, 1.54) is 17.3 Å². The highest BCUT2D eigenvalue weighted by atomic mass is 32.2. The number of aryl methyl sites for hydroxylation is 2. The number of aromatic nitrogens is 4. The number of nitrogens with one attached hydrogen (secondary N) is 1. The fraction of sp³-hybridized carbons (Fsp3) is 0.217. The summed E-state index contributed by atoms with van der Waals surface area (Å²) in [7, 11) is 1.58. The van der Waals surface area contributed by atoms with Crippen molar-refractivity contribution in [3.05, 3.63) is 65.5 Å². The Bertz CT molecular complexity index is 1250. The normalized spacial score (nSPS) is 10.9. The zero-order valence-electron chi connectivity index (χ0n) is 18.2. The molecule has 1 N–H and O–H groups in total. The summed E-state index contributed by atoms with van der Waals surface area (Å²) in [5.41, 5.74) is 5.14. The van der Waals surface area contributed by atoms with E-state index in [-0.39, 0.29) is 11.7 Å². The quantitative estimate of drug-likeness (QED) is 0.412. The molecule has 2 aromatic carbocycles. The van der Waals surface area contributed by atoms with Crippen molar-refractivity contribution in [3.8, 4) is 22.9 Å². The molecule has 4 aromatic rings. The molecule has 2 aromatic heterocycles. The molecule has 0 aliphatic heterocycles. The molecular weight excluding hydrogens is 426 g/mol. The number of benzene rings is 2. The number of carbonyl (C=O) groups excluding carboxylic acids is 1. The molecular formula is C23H23N5O3S. The minimum atomic E-state index is -0.179. The number of hydrogen-bond donors (Lipinski definition) is 1. The lowest BCUT2D eigenvalue weighted by Crippen LogP contribution is -2.15. The van der Waals surface area contributed by atoms with Gasteiger partial charge in [-0.3, -0.25) is 4.79 Å². The molecule has 0 radical (unpaired) electrons. The number of methoxy groups -OCH3 is 1. The zero-order chi connectivity index (χ0) is 22.7. The fourth-order valence-electron chi connectivity index (χ4n) is 3.26. The van der Waals surface area contributed by atoms with Gasteiger partial charge in [0.1, 0.15) is 5.75 Å². The van der Waals surface area contributed by atoms with Crippen LogP contribution in [0.5, 0.6) is 5.75 Å². The molecule has 0 saturated carbocycles. The predicted molar refractivity (Wildman–Crippen MR) is 123 cm³/mol. The van der Waals surface area contributed by atoms with Crippen LogP contribution in [0.25, 0.3) is 17.1 Å². The van der Waals surface area contributed by atoms with E-state index in [1.54, 1.807) is 7.11 Å². The van der Waals surface area contributed by atoms with Crippen LogP contribution in [0.3, 0.4) is 0 Å². The van der Waals surface area contributed by atoms with E-state index in [4.69, 9.17) is 9.15 Å². The largest absolute Gasteiger partial charge is 0.496 e. The molecule has 0 bridgehead atoms. The summed E-state index contributed by atoms with van der Waals surface area (Å²) in [6, 6.07) is 15.5. The number of anilines is 1. The van der Waals surface area contributed by atoms with Gasteiger partial charge in [-0.25, -0.2) is 4.68 Å². The number of ether oxygens (including phenoxy) is 1. The van der Waals surface area contributed by atoms with Crippen molar-refractivity contribution in [2.75, 3.05) is 18.2 Å². The lowest BCUT2D eigenvalue weighted by Gasteiger charge is -2.07. The van der Waals surface area contributed by atoms with Gasteiger partial charge in [0.05, 0.1) is 41.2 Å². The third kappa shape index (κ3) is 4.52. The lowest BCUT2D eigenvalue weighted by molar-refractivity contribution is -0.113. The van der Waals surface area contributed by atoms with Crippen molar-refractivity contribution in [1.82, 2.24) is 20.0 Å². The third-order valence-electron chi connectivity index (χ3n) is 4.90. The van der Waals surface area contributed by atoms with E-state index in [0.29, 0.717) is 28.1 Å². The topological polar surface area (TPSA) is 95.1 Å². The molecule has 1 amide bonds. The SMILES string of the molecule is COc1ccccc1-c1nnc(SCC(=O)Nc2c(C)nn(-c3ccc(C)cc3)c2C)o1. The molecule has 9 heteroatoms. The van der Waals surface area contributed by atoms with Crippen LogP contribution in [0.4, 0.5) is 5.69 Å². The van der Waals surface area contributed by atoms with Crippen molar-refractivity contribution in [3.63, 3.8) is 0 Å². The molecule has 4 rings (SSSR count). The van der Waals surface area contributed by atoms with Crippen LogP contribution in [-0.4, -0.2) is 38.7 Å². The molecule has 0 atom stereocenters.